The Bertz CT molecular complexity index is 409. The van der Waals surface area contributed by atoms with Crippen molar-refractivity contribution < 1.29 is 4.74 Å². The van der Waals surface area contributed by atoms with Crippen LogP contribution in [0.15, 0.2) is 0 Å². The molecule has 19 heavy (non-hydrogen) atoms. The van der Waals surface area contributed by atoms with E-state index in [1.165, 1.54) is 0 Å². The van der Waals surface area contributed by atoms with Gasteiger partial charge in [0.25, 0.3) is 0 Å². The Morgan fingerprint density at radius 1 is 1.32 bits per heavy atom. The van der Waals surface area contributed by atoms with Gasteiger partial charge in [-0.2, -0.15) is 15.0 Å². The molecule has 2 rings (SSSR count). The molecule has 0 radical (unpaired) electrons. The van der Waals surface area contributed by atoms with E-state index >= 15 is 0 Å². The van der Waals surface area contributed by atoms with Crippen molar-refractivity contribution in [2.45, 2.75) is 32.2 Å². The molecule has 0 amide bonds. The highest BCUT2D eigenvalue weighted by molar-refractivity contribution is 6.28. The number of halogens is 1. The van der Waals surface area contributed by atoms with Crippen LogP contribution in [0.2, 0.25) is 5.28 Å². The van der Waals surface area contributed by atoms with Gasteiger partial charge in [0.15, 0.2) is 0 Å². The number of piperidine rings is 1. The minimum atomic E-state index is 0.163. The van der Waals surface area contributed by atoms with E-state index in [9.17, 15) is 0 Å². The van der Waals surface area contributed by atoms with Gasteiger partial charge in [0.1, 0.15) is 0 Å². The molecule has 0 spiro atoms. The topological polar surface area (TPSA) is 63.2 Å². The van der Waals surface area contributed by atoms with Crippen LogP contribution in [0.4, 0.5) is 5.95 Å². The van der Waals surface area contributed by atoms with Crippen molar-refractivity contribution in [3.8, 4) is 6.01 Å². The average Bonchev–Trinajstić information content (AvgIpc) is 2.38. The Balaban J connectivity index is 1.97. The predicted octanol–water partition coefficient (Wildman–Crippen LogP) is 1.82. The summed E-state index contributed by atoms with van der Waals surface area (Å²) in [5, 5.41) is 3.47. The number of likely N-dealkylation sites (tertiary alicyclic amines) is 1. The molecule has 1 aromatic rings. The predicted molar refractivity (Wildman–Crippen MR) is 74.8 cm³/mol. The van der Waals surface area contributed by atoms with E-state index in [0.29, 0.717) is 18.6 Å². The number of nitrogens with one attached hydrogen (secondary N) is 1. The molecule has 0 aromatic carbocycles. The molecule has 1 aliphatic heterocycles. The van der Waals surface area contributed by atoms with Gasteiger partial charge in [-0.3, -0.25) is 0 Å². The minimum Gasteiger partial charge on any atom is -0.463 e. The van der Waals surface area contributed by atoms with Gasteiger partial charge >= 0.3 is 6.01 Å². The highest BCUT2D eigenvalue weighted by Crippen LogP contribution is 2.16. The Morgan fingerprint density at radius 3 is 2.74 bits per heavy atom. The second-order valence-corrected chi connectivity index (χ2v) is 5.12. The quantitative estimate of drug-likeness (QED) is 0.890. The summed E-state index contributed by atoms with van der Waals surface area (Å²) >= 11 is 5.88. The molecule has 0 saturated carbocycles. The second-order valence-electron chi connectivity index (χ2n) is 4.78. The van der Waals surface area contributed by atoms with E-state index in [0.717, 1.165) is 32.4 Å². The van der Waals surface area contributed by atoms with Gasteiger partial charge in [0.2, 0.25) is 11.2 Å². The van der Waals surface area contributed by atoms with Crippen molar-refractivity contribution in [1.29, 1.82) is 0 Å². The van der Waals surface area contributed by atoms with Crippen molar-refractivity contribution in [2.24, 2.45) is 0 Å². The summed E-state index contributed by atoms with van der Waals surface area (Å²) in [4.78, 5) is 14.6. The molecule has 2 heterocycles. The molecule has 1 fully saturated rings. The van der Waals surface area contributed by atoms with E-state index < -0.39 is 0 Å². The third kappa shape index (κ3) is 4.47. The molecule has 106 valence electrons. The molecular weight excluding hydrogens is 266 g/mol. The van der Waals surface area contributed by atoms with Crippen LogP contribution in [0.1, 0.15) is 26.2 Å². The van der Waals surface area contributed by atoms with Crippen molar-refractivity contribution >= 4 is 17.5 Å². The summed E-state index contributed by atoms with van der Waals surface area (Å²) in [6.07, 6.45) is 3.05. The third-order valence-electron chi connectivity index (χ3n) is 3.07. The summed E-state index contributed by atoms with van der Waals surface area (Å²) in [6, 6.07) is 0.672. The summed E-state index contributed by atoms with van der Waals surface area (Å²) in [5.74, 6) is 0.501. The van der Waals surface area contributed by atoms with Crippen LogP contribution >= 0.6 is 11.6 Å². The van der Waals surface area contributed by atoms with Crippen molar-refractivity contribution in [2.75, 3.05) is 32.1 Å². The first-order chi connectivity index (χ1) is 9.17. The van der Waals surface area contributed by atoms with Gasteiger partial charge in [-0.05, 0) is 51.0 Å². The van der Waals surface area contributed by atoms with Crippen LogP contribution in [0.3, 0.4) is 0 Å². The lowest BCUT2D eigenvalue weighted by Gasteiger charge is -2.29. The fraction of sp³-hybridized carbons (Fsp3) is 0.750. The van der Waals surface area contributed by atoms with Gasteiger partial charge in [-0.25, -0.2) is 0 Å². The van der Waals surface area contributed by atoms with Gasteiger partial charge in [-0.1, -0.05) is 6.92 Å². The van der Waals surface area contributed by atoms with Crippen LogP contribution in [0, 0.1) is 0 Å². The van der Waals surface area contributed by atoms with Crippen molar-refractivity contribution in [3.05, 3.63) is 5.28 Å². The Kier molecular flexibility index (Phi) is 5.15. The Labute approximate surface area is 118 Å². The summed E-state index contributed by atoms with van der Waals surface area (Å²) < 4.78 is 5.39. The maximum atomic E-state index is 5.88. The van der Waals surface area contributed by atoms with Crippen molar-refractivity contribution in [3.63, 3.8) is 0 Å². The summed E-state index contributed by atoms with van der Waals surface area (Å²) in [6.45, 7) is 4.76. The second kappa shape index (κ2) is 6.86. The average molecular weight is 286 g/mol. The number of anilines is 1. The Hall–Kier alpha value is -1.14. The highest BCUT2D eigenvalue weighted by atomic mass is 35.5. The molecule has 7 heteroatoms. The van der Waals surface area contributed by atoms with Crippen molar-refractivity contribution in [1.82, 2.24) is 19.9 Å². The molecule has 0 atom stereocenters. The smallest absolute Gasteiger partial charge is 0.322 e. The van der Waals surface area contributed by atoms with Crippen LogP contribution in [-0.4, -0.2) is 52.6 Å². The highest BCUT2D eigenvalue weighted by Gasteiger charge is 2.18. The minimum absolute atomic E-state index is 0.163. The molecule has 1 aliphatic rings. The van der Waals surface area contributed by atoms with Gasteiger partial charge in [-0.15, -0.1) is 0 Å². The number of aromatic nitrogens is 3. The SMILES string of the molecule is CCCOc1nc(Cl)nc(NC2CCN(C)CC2)n1. The monoisotopic (exact) mass is 285 g/mol. The molecule has 6 nitrogen and oxygen atoms in total. The normalized spacial score (nSPS) is 17.4. The van der Waals surface area contributed by atoms with E-state index in [2.05, 4.69) is 32.2 Å². The van der Waals surface area contributed by atoms with Gasteiger partial charge < -0.3 is 15.0 Å². The molecule has 0 aliphatic carbocycles. The zero-order chi connectivity index (χ0) is 13.7. The lowest BCUT2D eigenvalue weighted by atomic mass is 10.1. The number of ether oxygens (including phenoxy) is 1. The zero-order valence-electron chi connectivity index (χ0n) is 11.4. The maximum Gasteiger partial charge on any atom is 0.322 e. The lowest BCUT2D eigenvalue weighted by molar-refractivity contribution is 0.263. The summed E-state index contributed by atoms with van der Waals surface area (Å²) in [5.41, 5.74) is 0. The maximum absolute atomic E-state index is 5.88. The van der Waals surface area contributed by atoms with Crippen LogP contribution in [-0.2, 0) is 0 Å². The number of hydrogen-bond acceptors (Lipinski definition) is 6. The van der Waals surface area contributed by atoms with Gasteiger partial charge in [0.05, 0.1) is 6.61 Å². The number of nitrogens with zero attached hydrogens (tertiary/aromatic N) is 4. The fourth-order valence-corrected chi connectivity index (χ4v) is 2.14. The van der Waals surface area contributed by atoms with Crippen LogP contribution in [0.5, 0.6) is 6.01 Å². The first-order valence-corrected chi connectivity index (χ1v) is 7.04. The first kappa shape index (κ1) is 14.3. The zero-order valence-corrected chi connectivity index (χ0v) is 12.2. The van der Waals surface area contributed by atoms with E-state index in [1.807, 2.05) is 6.92 Å². The van der Waals surface area contributed by atoms with E-state index in [-0.39, 0.29) is 11.3 Å². The van der Waals surface area contributed by atoms with E-state index in [1.54, 1.807) is 0 Å². The largest absolute Gasteiger partial charge is 0.463 e. The lowest BCUT2D eigenvalue weighted by Crippen LogP contribution is -2.37. The van der Waals surface area contributed by atoms with Gasteiger partial charge in [0, 0.05) is 6.04 Å². The number of hydrogen-bond donors (Lipinski definition) is 1. The molecule has 1 aromatic heterocycles. The standard InChI is InChI=1S/C12H20ClN5O/c1-3-8-19-12-16-10(13)15-11(17-12)14-9-4-6-18(2)7-5-9/h9H,3-8H2,1-2H3,(H,14,15,16,17). The van der Waals surface area contributed by atoms with E-state index in [4.69, 9.17) is 16.3 Å². The molecule has 0 bridgehead atoms. The molecule has 1 N–H and O–H groups in total. The summed E-state index contributed by atoms with van der Waals surface area (Å²) in [7, 11) is 2.13. The molecular formula is C12H20ClN5O. The third-order valence-corrected chi connectivity index (χ3v) is 3.24. The first-order valence-electron chi connectivity index (χ1n) is 6.67. The molecule has 0 unspecified atom stereocenters. The van der Waals surface area contributed by atoms with Crippen LogP contribution in [0.25, 0.3) is 0 Å². The Morgan fingerprint density at radius 2 is 2.05 bits per heavy atom. The number of rotatable bonds is 5. The fourth-order valence-electron chi connectivity index (χ4n) is 1.99. The molecule has 1 saturated heterocycles. The van der Waals surface area contributed by atoms with Crippen LogP contribution < -0.4 is 10.1 Å².